The van der Waals surface area contributed by atoms with Gasteiger partial charge in [-0.15, -0.1) is 0 Å². The van der Waals surface area contributed by atoms with Crippen molar-refractivity contribution in [3.63, 3.8) is 0 Å². The Kier molecular flexibility index (Phi) is 7.88. The predicted molar refractivity (Wildman–Crippen MR) is 125 cm³/mol. The molecule has 0 unspecified atom stereocenters. The van der Waals surface area contributed by atoms with Crippen molar-refractivity contribution in [1.29, 1.82) is 5.26 Å². The number of hydrogen-bond donors (Lipinski definition) is 1. The number of nitro benzene ring substituents is 1. The Morgan fingerprint density at radius 1 is 1.14 bits per heavy atom. The fourth-order valence-corrected chi connectivity index (χ4v) is 3.36. The third kappa shape index (κ3) is 6.68. The molecule has 0 bridgehead atoms. The van der Waals surface area contributed by atoms with Crippen molar-refractivity contribution in [1.82, 2.24) is 0 Å². The van der Waals surface area contributed by atoms with Gasteiger partial charge in [0.25, 0.3) is 11.6 Å². The van der Waals surface area contributed by atoms with Crippen molar-refractivity contribution < 1.29 is 27.6 Å². The first-order valence-electron chi connectivity index (χ1n) is 9.83. The van der Waals surface area contributed by atoms with Gasteiger partial charge in [-0.1, -0.05) is 46.3 Å². The van der Waals surface area contributed by atoms with Gasteiger partial charge in [-0.2, -0.15) is 18.4 Å². The summed E-state index contributed by atoms with van der Waals surface area (Å²) in [4.78, 5) is 22.5. The number of hydrogen-bond acceptors (Lipinski definition) is 5. The summed E-state index contributed by atoms with van der Waals surface area (Å²) in [5.74, 6) is -0.787. The number of rotatable bonds is 7. The molecule has 3 aromatic carbocycles. The molecule has 1 amide bonds. The number of nitrogens with one attached hydrogen (secondary N) is 1. The highest BCUT2D eigenvalue weighted by Crippen LogP contribution is 2.37. The first kappa shape index (κ1) is 25.5. The highest BCUT2D eigenvalue weighted by Gasteiger charge is 2.36. The number of nitriles is 1. The second kappa shape index (κ2) is 10.8. The summed E-state index contributed by atoms with van der Waals surface area (Å²) in [6.07, 6.45) is -3.80. The molecule has 7 nitrogen and oxygen atoms in total. The van der Waals surface area contributed by atoms with Gasteiger partial charge in [0, 0.05) is 22.2 Å². The van der Waals surface area contributed by atoms with Crippen LogP contribution in [0.3, 0.4) is 0 Å². The number of nitrogens with zero attached hydrogens (tertiary/aromatic N) is 2. The highest BCUT2D eigenvalue weighted by atomic mass is 79.9. The van der Waals surface area contributed by atoms with Crippen LogP contribution in [0, 0.1) is 21.4 Å². The molecule has 35 heavy (non-hydrogen) atoms. The van der Waals surface area contributed by atoms with Crippen LogP contribution >= 0.6 is 15.9 Å². The lowest BCUT2D eigenvalue weighted by Crippen LogP contribution is -2.18. The number of carbonyl (C=O) groups excluding carboxylic acids is 1. The Balaban J connectivity index is 1.91. The smallest absolute Gasteiger partial charge is 0.418 e. The molecule has 3 aromatic rings. The minimum atomic E-state index is -4.98. The van der Waals surface area contributed by atoms with Gasteiger partial charge < -0.3 is 10.1 Å². The summed E-state index contributed by atoms with van der Waals surface area (Å²) < 4.78 is 46.7. The maximum atomic E-state index is 13.4. The predicted octanol–water partition coefficient (Wildman–Crippen LogP) is 6.50. The van der Waals surface area contributed by atoms with Crippen molar-refractivity contribution in [2.24, 2.45) is 0 Å². The summed E-state index contributed by atoms with van der Waals surface area (Å²) in [5, 5.41) is 22.4. The van der Waals surface area contributed by atoms with E-state index in [1.165, 1.54) is 6.08 Å². The van der Waals surface area contributed by atoms with E-state index in [9.17, 15) is 33.3 Å². The van der Waals surface area contributed by atoms with Gasteiger partial charge in [0.15, 0.2) is 0 Å². The highest BCUT2D eigenvalue weighted by molar-refractivity contribution is 9.10. The number of carbonyl (C=O) groups is 1. The number of halogens is 4. The van der Waals surface area contributed by atoms with Crippen LogP contribution in [-0.2, 0) is 17.6 Å². The monoisotopic (exact) mass is 545 g/mol. The maximum absolute atomic E-state index is 13.4. The molecule has 0 fully saturated rings. The van der Waals surface area contributed by atoms with Gasteiger partial charge >= 0.3 is 6.18 Å². The Hall–Kier alpha value is -4.17. The molecule has 0 aliphatic rings. The molecule has 0 radical (unpaired) electrons. The van der Waals surface area contributed by atoms with Crippen LogP contribution in [0.1, 0.15) is 16.7 Å². The standard InChI is InChI=1S/C24H15BrF3N3O4/c25-18-6-9-22(35-14-15-4-2-1-3-5-15)16(11-18)10-17(13-29)23(32)30-21-8-7-19(31(33)34)12-20(21)24(26,27)28/h1-12H,14H2,(H,30,32). The molecule has 0 aliphatic carbocycles. The first-order valence-corrected chi connectivity index (χ1v) is 10.6. The van der Waals surface area contributed by atoms with Crippen LogP contribution in [0.15, 0.2) is 76.8 Å². The zero-order valence-electron chi connectivity index (χ0n) is 17.7. The number of benzene rings is 3. The van der Waals surface area contributed by atoms with E-state index in [0.29, 0.717) is 21.9 Å². The Morgan fingerprint density at radius 3 is 2.49 bits per heavy atom. The summed E-state index contributed by atoms with van der Waals surface area (Å²) in [6.45, 7) is 0.204. The number of non-ortho nitro benzene ring substituents is 1. The second-order valence-corrected chi connectivity index (χ2v) is 7.98. The van der Waals surface area contributed by atoms with Gasteiger partial charge in [0.1, 0.15) is 24.0 Å². The molecule has 0 spiro atoms. The summed E-state index contributed by atoms with van der Waals surface area (Å²) in [6, 6.07) is 17.7. The summed E-state index contributed by atoms with van der Waals surface area (Å²) >= 11 is 3.30. The zero-order valence-corrected chi connectivity index (χ0v) is 19.3. The van der Waals surface area contributed by atoms with Crippen molar-refractivity contribution in [2.75, 3.05) is 5.32 Å². The first-order chi connectivity index (χ1) is 16.6. The normalized spacial score (nSPS) is 11.5. The summed E-state index contributed by atoms with van der Waals surface area (Å²) in [7, 11) is 0. The fourth-order valence-electron chi connectivity index (χ4n) is 2.98. The van der Waals surface area contributed by atoms with Crippen LogP contribution in [0.25, 0.3) is 6.08 Å². The quantitative estimate of drug-likeness (QED) is 0.158. The van der Waals surface area contributed by atoms with Crippen LogP contribution in [0.5, 0.6) is 5.75 Å². The van der Waals surface area contributed by atoms with Gasteiger partial charge in [0.2, 0.25) is 0 Å². The minimum absolute atomic E-state index is 0.204. The molecule has 0 atom stereocenters. The molecule has 0 saturated heterocycles. The molecule has 178 valence electrons. The van der Waals surface area contributed by atoms with E-state index < -0.39 is 39.5 Å². The van der Waals surface area contributed by atoms with Crippen molar-refractivity contribution in [3.8, 4) is 11.8 Å². The average molecular weight is 546 g/mol. The van der Waals surface area contributed by atoms with E-state index >= 15 is 0 Å². The Bertz CT molecular complexity index is 1340. The lowest BCUT2D eigenvalue weighted by Gasteiger charge is -2.14. The maximum Gasteiger partial charge on any atom is 0.418 e. The van der Waals surface area contributed by atoms with Crippen molar-refractivity contribution in [2.45, 2.75) is 12.8 Å². The van der Waals surface area contributed by atoms with Crippen molar-refractivity contribution in [3.05, 3.63) is 104 Å². The SMILES string of the molecule is N#CC(=Cc1cc(Br)ccc1OCc1ccccc1)C(=O)Nc1ccc([N+](=O)[O-])cc1C(F)(F)F. The van der Waals surface area contributed by atoms with Gasteiger partial charge in [-0.05, 0) is 35.9 Å². The number of amides is 1. The molecular weight excluding hydrogens is 531 g/mol. The average Bonchev–Trinajstić information content (AvgIpc) is 2.82. The van der Waals surface area contributed by atoms with Gasteiger partial charge in [-0.3, -0.25) is 14.9 Å². The third-order valence-electron chi connectivity index (χ3n) is 4.64. The van der Waals surface area contributed by atoms with Crippen LogP contribution < -0.4 is 10.1 Å². The Labute approximate surface area is 205 Å². The largest absolute Gasteiger partial charge is 0.488 e. The van der Waals surface area contributed by atoms with Gasteiger partial charge in [0.05, 0.1) is 16.2 Å². The molecule has 0 heterocycles. The van der Waals surface area contributed by atoms with E-state index in [2.05, 4.69) is 15.9 Å². The second-order valence-electron chi connectivity index (χ2n) is 7.07. The van der Waals surface area contributed by atoms with E-state index in [0.717, 1.165) is 17.7 Å². The molecule has 0 aliphatic heterocycles. The molecular formula is C24H15BrF3N3O4. The van der Waals surface area contributed by atoms with E-state index in [1.54, 1.807) is 24.3 Å². The van der Waals surface area contributed by atoms with Crippen LogP contribution in [0.2, 0.25) is 0 Å². The minimum Gasteiger partial charge on any atom is -0.488 e. The number of ether oxygens (including phenoxy) is 1. The molecule has 11 heteroatoms. The molecule has 3 rings (SSSR count). The molecule has 1 N–H and O–H groups in total. The van der Waals surface area contributed by atoms with Gasteiger partial charge in [-0.25, -0.2) is 0 Å². The summed E-state index contributed by atoms with van der Waals surface area (Å²) in [5.41, 5.74) is -2.21. The lowest BCUT2D eigenvalue weighted by molar-refractivity contribution is -0.385. The Morgan fingerprint density at radius 2 is 1.86 bits per heavy atom. The lowest BCUT2D eigenvalue weighted by atomic mass is 10.1. The molecule has 0 saturated carbocycles. The zero-order chi connectivity index (χ0) is 25.6. The molecule has 0 aromatic heterocycles. The third-order valence-corrected chi connectivity index (χ3v) is 5.13. The van der Waals surface area contributed by atoms with Crippen LogP contribution in [0.4, 0.5) is 24.5 Å². The van der Waals surface area contributed by atoms with E-state index in [4.69, 9.17) is 4.74 Å². The van der Waals surface area contributed by atoms with Crippen molar-refractivity contribution >= 4 is 39.3 Å². The number of anilines is 1. The number of alkyl halides is 3. The van der Waals surface area contributed by atoms with E-state index in [-0.39, 0.29) is 6.61 Å². The number of nitro groups is 1. The topological polar surface area (TPSA) is 105 Å². The fraction of sp³-hybridized carbons (Fsp3) is 0.0833. The van der Waals surface area contributed by atoms with E-state index in [1.807, 2.05) is 35.6 Å². The van der Waals surface area contributed by atoms with Crippen LogP contribution in [-0.4, -0.2) is 10.8 Å².